The van der Waals surface area contributed by atoms with Crippen LogP contribution in [0.4, 0.5) is 10.2 Å². The number of benzene rings is 1. The highest BCUT2D eigenvalue weighted by Gasteiger charge is 2.32. The van der Waals surface area contributed by atoms with Gasteiger partial charge in [-0.15, -0.1) is 0 Å². The standard InChI is InChI=1S/C21H17FN6O3/c1-27-19-18(3-2-8-24-19)31-12-17(21(27)30)25-20(29)16-9-15(10-23)28(26-16)11-13-4-6-14(22)7-5-13/h2-9,17H,11-12H2,1H3,(H,25,29). The predicted molar refractivity (Wildman–Crippen MR) is 107 cm³/mol. The molecule has 2 amide bonds. The molecule has 0 spiro atoms. The number of nitrogens with one attached hydrogen (secondary N) is 1. The van der Waals surface area contributed by atoms with Crippen LogP contribution in [0.3, 0.4) is 0 Å². The number of fused-ring (bicyclic) bond motifs is 1. The van der Waals surface area contributed by atoms with Gasteiger partial charge in [-0.25, -0.2) is 14.1 Å². The zero-order valence-electron chi connectivity index (χ0n) is 16.4. The fraction of sp³-hybridized carbons (Fsp3) is 0.190. The third-order valence-corrected chi connectivity index (χ3v) is 4.78. The van der Waals surface area contributed by atoms with E-state index in [1.807, 2.05) is 6.07 Å². The fourth-order valence-corrected chi connectivity index (χ4v) is 3.17. The Labute approximate surface area is 176 Å². The van der Waals surface area contributed by atoms with Gasteiger partial charge in [0.15, 0.2) is 17.3 Å². The summed E-state index contributed by atoms with van der Waals surface area (Å²) in [6, 6.07) is 11.5. The first-order chi connectivity index (χ1) is 15.0. The van der Waals surface area contributed by atoms with Gasteiger partial charge in [0.05, 0.1) is 6.54 Å². The molecule has 0 bridgehead atoms. The third-order valence-electron chi connectivity index (χ3n) is 4.78. The maximum Gasteiger partial charge on any atom is 0.272 e. The molecule has 1 N–H and O–H groups in total. The normalized spacial score (nSPS) is 15.5. The molecule has 1 aliphatic rings. The summed E-state index contributed by atoms with van der Waals surface area (Å²) in [5.41, 5.74) is 0.854. The van der Waals surface area contributed by atoms with E-state index in [1.54, 1.807) is 37.5 Å². The van der Waals surface area contributed by atoms with Crippen molar-refractivity contribution in [2.75, 3.05) is 18.6 Å². The molecule has 3 heterocycles. The molecular weight excluding hydrogens is 403 g/mol. The Balaban J connectivity index is 1.51. The number of hydrogen-bond donors (Lipinski definition) is 1. The van der Waals surface area contributed by atoms with Crippen LogP contribution in [0.15, 0.2) is 48.7 Å². The number of carbonyl (C=O) groups is 2. The number of pyridine rings is 1. The Hall–Kier alpha value is -4.26. The number of carbonyl (C=O) groups excluding carboxylic acids is 2. The molecule has 2 aromatic heterocycles. The van der Waals surface area contributed by atoms with Crippen LogP contribution in [0.2, 0.25) is 0 Å². The van der Waals surface area contributed by atoms with Crippen molar-refractivity contribution in [1.29, 1.82) is 5.26 Å². The second kappa shape index (κ2) is 8.23. The van der Waals surface area contributed by atoms with Crippen LogP contribution >= 0.6 is 0 Å². The lowest BCUT2D eigenvalue weighted by Gasteiger charge is -2.19. The van der Waals surface area contributed by atoms with Crippen molar-refractivity contribution in [2.45, 2.75) is 12.6 Å². The highest BCUT2D eigenvalue weighted by molar-refractivity contribution is 6.02. The largest absolute Gasteiger partial charge is 0.487 e. The van der Waals surface area contributed by atoms with E-state index >= 15 is 0 Å². The van der Waals surface area contributed by atoms with Crippen LogP contribution in [0.25, 0.3) is 0 Å². The van der Waals surface area contributed by atoms with Gasteiger partial charge < -0.3 is 10.1 Å². The smallest absolute Gasteiger partial charge is 0.272 e. The molecule has 4 rings (SSSR count). The Morgan fingerprint density at radius 2 is 2.13 bits per heavy atom. The molecule has 156 valence electrons. The maximum atomic E-state index is 13.1. The van der Waals surface area contributed by atoms with E-state index in [0.29, 0.717) is 17.1 Å². The summed E-state index contributed by atoms with van der Waals surface area (Å²) < 4.78 is 20.1. The molecular formula is C21H17FN6O3. The molecule has 0 aliphatic carbocycles. The van der Waals surface area contributed by atoms with Crippen molar-refractivity contribution in [3.8, 4) is 11.8 Å². The molecule has 1 aliphatic heterocycles. The zero-order chi connectivity index (χ0) is 22.0. The second-order valence-electron chi connectivity index (χ2n) is 6.87. The quantitative estimate of drug-likeness (QED) is 0.684. The van der Waals surface area contributed by atoms with Crippen LogP contribution in [-0.2, 0) is 11.3 Å². The minimum atomic E-state index is -0.959. The molecule has 0 fully saturated rings. The number of likely N-dealkylation sites (N-methyl/N-ethyl adjacent to an activating group) is 1. The average molecular weight is 420 g/mol. The van der Waals surface area contributed by atoms with Crippen molar-refractivity contribution in [3.63, 3.8) is 0 Å². The lowest BCUT2D eigenvalue weighted by Crippen LogP contribution is -2.49. The van der Waals surface area contributed by atoms with Gasteiger partial charge in [0.1, 0.15) is 30.2 Å². The van der Waals surface area contributed by atoms with Crippen LogP contribution in [0.5, 0.6) is 5.75 Å². The van der Waals surface area contributed by atoms with Gasteiger partial charge in [0.25, 0.3) is 11.8 Å². The van der Waals surface area contributed by atoms with E-state index in [9.17, 15) is 19.2 Å². The molecule has 1 unspecified atom stereocenters. The number of aromatic nitrogens is 3. The van der Waals surface area contributed by atoms with E-state index in [-0.39, 0.29) is 30.4 Å². The Kier molecular flexibility index (Phi) is 5.32. The number of amides is 2. The lowest BCUT2D eigenvalue weighted by molar-refractivity contribution is -0.120. The second-order valence-corrected chi connectivity index (χ2v) is 6.87. The van der Waals surface area contributed by atoms with E-state index in [2.05, 4.69) is 15.4 Å². The van der Waals surface area contributed by atoms with E-state index in [0.717, 1.165) is 0 Å². The van der Waals surface area contributed by atoms with Crippen molar-refractivity contribution in [3.05, 3.63) is 71.4 Å². The lowest BCUT2D eigenvalue weighted by atomic mass is 10.2. The summed E-state index contributed by atoms with van der Waals surface area (Å²) in [6.07, 6.45) is 1.54. The number of nitriles is 1. The van der Waals surface area contributed by atoms with Gasteiger partial charge in [-0.05, 0) is 29.8 Å². The van der Waals surface area contributed by atoms with Crippen LogP contribution in [-0.4, -0.2) is 46.3 Å². The third kappa shape index (κ3) is 4.06. The summed E-state index contributed by atoms with van der Waals surface area (Å²) in [5.74, 6) is -0.590. The minimum absolute atomic E-state index is 0.0194. The molecule has 31 heavy (non-hydrogen) atoms. The Bertz CT molecular complexity index is 1180. The summed E-state index contributed by atoms with van der Waals surface area (Å²) in [7, 11) is 1.55. The molecule has 1 aromatic carbocycles. The first-order valence-corrected chi connectivity index (χ1v) is 9.35. The van der Waals surface area contributed by atoms with E-state index in [1.165, 1.54) is 27.8 Å². The van der Waals surface area contributed by atoms with Gasteiger partial charge in [-0.1, -0.05) is 12.1 Å². The predicted octanol–water partition coefficient (Wildman–Crippen LogP) is 1.49. The molecule has 0 saturated heterocycles. The van der Waals surface area contributed by atoms with Crippen molar-refractivity contribution < 1.29 is 18.7 Å². The van der Waals surface area contributed by atoms with Gasteiger partial charge in [-0.2, -0.15) is 10.4 Å². The number of ether oxygens (including phenoxy) is 1. The van der Waals surface area contributed by atoms with Gasteiger partial charge in [0, 0.05) is 19.3 Å². The van der Waals surface area contributed by atoms with Crippen LogP contribution < -0.4 is 15.0 Å². The number of hydrogen-bond acceptors (Lipinski definition) is 6. The summed E-state index contributed by atoms with van der Waals surface area (Å²) in [5, 5.41) is 16.2. The highest BCUT2D eigenvalue weighted by Crippen LogP contribution is 2.27. The van der Waals surface area contributed by atoms with E-state index in [4.69, 9.17) is 4.74 Å². The van der Waals surface area contributed by atoms with Gasteiger partial charge in [-0.3, -0.25) is 14.5 Å². The Morgan fingerprint density at radius 1 is 1.35 bits per heavy atom. The topological polar surface area (TPSA) is 113 Å². The number of rotatable bonds is 4. The number of anilines is 1. The Morgan fingerprint density at radius 3 is 2.87 bits per heavy atom. The van der Waals surface area contributed by atoms with Crippen LogP contribution in [0, 0.1) is 17.1 Å². The van der Waals surface area contributed by atoms with Gasteiger partial charge in [0.2, 0.25) is 0 Å². The summed E-state index contributed by atoms with van der Waals surface area (Å²) in [4.78, 5) is 31.0. The molecule has 0 radical (unpaired) electrons. The first-order valence-electron chi connectivity index (χ1n) is 9.35. The van der Waals surface area contributed by atoms with Gasteiger partial charge >= 0.3 is 0 Å². The summed E-state index contributed by atoms with van der Waals surface area (Å²) >= 11 is 0. The molecule has 10 heteroatoms. The average Bonchev–Trinajstić information content (AvgIpc) is 3.15. The number of halogens is 1. The number of nitrogens with zero attached hydrogens (tertiary/aromatic N) is 5. The van der Waals surface area contributed by atoms with E-state index < -0.39 is 17.9 Å². The van der Waals surface area contributed by atoms with Crippen molar-refractivity contribution in [1.82, 2.24) is 20.1 Å². The highest BCUT2D eigenvalue weighted by atomic mass is 19.1. The monoisotopic (exact) mass is 420 g/mol. The minimum Gasteiger partial charge on any atom is -0.487 e. The maximum absolute atomic E-state index is 13.1. The van der Waals surface area contributed by atoms with Crippen LogP contribution in [0.1, 0.15) is 21.7 Å². The molecule has 0 saturated carbocycles. The molecule has 3 aromatic rings. The molecule has 9 nitrogen and oxygen atoms in total. The summed E-state index contributed by atoms with van der Waals surface area (Å²) in [6.45, 7) is 0.112. The van der Waals surface area contributed by atoms with Crippen molar-refractivity contribution in [2.24, 2.45) is 0 Å². The van der Waals surface area contributed by atoms with Crippen molar-refractivity contribution >= 4 is 17.6 Å². The zero-order valence-corrected chi connectivity index (χ0v) is 16.4. The molecule has 1 atom stereocenters. The SMILES string of the molecule is CN1C(=O)C(NC(=O)c2cc(C#N)n(Cc3ccc(F)cc3)n2)COc2cccnc21. The first kappa shape index (κ1) is 20.0. The fourth-order valence-electron chi connectivity index (χ4n) is 3.17.